The van der Waals surface area contributed by atoms with E-state index in [-0.39, 0.29) is 5.75 Å². The number of sulfonamides is 1. The molecule has 0 atom stereocenters. The summed E-state index contributed by atoms with van der Waals surface area (Å²) in [5.74, 6) is 0.615. The van der Waals surface area contributed by atoms with Crippen LogP contribution in [0, 0.1) is 5.92 Å². The molecule has 1 saturated carbocycles. The van der Waals surface area contributed by atoms with Crippen LogP contribution in [0.2, 0.25) is 0 Å². The Morgan fingerprint density at radius 1 is 1.25 bits per heavy atom. The van der Waals surface area contributed by atoms with E-state index in [0.29, 0.717) is 12.5 Å². The molecule has 0 spiro atoms. The first-order valence-corrected chi connectivity index (χ1v) is 9.00. The molecule has 112 valence electrons. The molecule has 0 heterocycles. The van der Waals surface area contributed by atoms with Gasteiger partial charge in [-0.1, -0.05) is 37.6 Å². The second kappa shape index (κ2) is 7.20. The van der Waals surface area contributed by atoms with Crippen LogP contribution in [0.15, 0.2) is 24.3 Å². The maximum absolute atomic E-state index is 12.0. The highest BCUT2D eigenvalue weighted by Crippen LogP contribution is 2.25. The molecule has 2 N–H and O–H groups in total. The fourth-order valence-electron chi connectivity index (χ4n) is 2.31. The largest absolute Gasteiger partial charge is 0.313 e. The third-order valence-electron chi connectivity index (χ3n) is 3.74. The highest BCUT2D eigenvalue weighted by Gasteiger charge is 2.20. The summed E-state index contributed by atoms with van der Waals surface area (Å²) in [7, 11) is -3.21. The van der Waals surface area contributed by atoms with Crippen molar-refractivity contribution in [3.05, 3.63) is 35.4 Å². The molecule has 0 unspecified atom stereocenters. The Morgan fingerprint density at radius 3 is 2.65 bits per heavy atom. The zero-order chi connectivity index (χ0) is 14.4. The predicted molar refractivity (Wildman–Crippen MR) is 81.8 cm³/mol. The maximum Gasteiger partial charge on any atom is 0.215 e. The average Bonchev–Trinajstić information content (AvgIpc) is 2.34. The van der Waals surface area contributed by atoms with E-state index < -0.39 is 10.0 Å². The van der Waals surface area contributed by atoms with Crippen molar-refractivity contribution in [2.24, 2.45) is 5.92 Å². The van der Waals surface area contributed by atoms with E-state index in [9.17, 15) is 8.42 Å². The lowest BCUT2D eigenvalue weighted by Crippen LogP contribution is -2.33. The van der Waals surface area contributed by atoms with Gasteiger partial charge in [0.25, 0.3) is 0 Å². The van der Waals surface area contributed by atoms with Crippen molar-refractivity contribution in [3.63, 3.8) is 0 Å². The van der Waals surface area contributed by atoms with Gasteiger partial charge in [0.05, 0.1) is 5.75 Å². The van der Waals surface area contributed by atoms with Gasteiger partial charge in [0.2, 0.25) is 10.0 Å². The van der Waals surface area contributed by atoms with Gasteiger partial charge >= 0.3 is 0 Å². The van der Waals surface area contributed by atoms with E-state index in [1.165, 1.54) is 6.42 Å². The van der Waals surface area contributed by atoms with Crippen LogP contribution in [0.5, 0.6) is 0 Å². The standard InChI is InChI=1S/C15H24N2O2S/c1-2-16-10-14-7-4-8-15(9-14)12-20(18,19)17-11-13-5-3-6-13/h4,7-9,13,16-17H,2-3,5-6,10-12H2,1H3. The van der Waals surface area contributed by atoms with Crippen molar-refractivity contribution in [2.45, 2.75) is 38.5 Å². The van der Waals surface area contributed by atoms with Crippen LogP contribution in [0.3, 0.4) is 0 Å². The van der Waals surface area contributed by atoms with Gasteiger partial charge in [-0.3, -0.25) is 0 Å². The Hall–Kier alpha value is -0.910. The summed E-state index contributed by atoms with van der Waals surface area (Å²) in [4.78, 5) is 0. The van der Waals surface area contributed by atoms with Crippen molar-refractivity contribution in [1.82, 2.24) is 10.0 Å². The van der Waals surface area contributed by atoms with Crippen LogP contribution in [-0.4, -0.2) is 21.5 Å². The van der Waals surface area contributed by atoms with Gasteiger partial charge in [0.15, 0.2) is 0 Å². The summed E-state index contributed by atoms with van der Waals surface area (Å²) in [5.41, 5.74) is 1.97. The Balaban J connectivity index is 1.90. The first-order valence-electron chi connectivity index (χ1n) is 7.35. The molecular formula is C15H24N2O2S. The summed E-state index contributed by atoms with van der Waals surface area (Å²) < 4.78 is 26.8. The van der Waals surface area contributed by atoms with E-state index in [0.717, 1.165) is 37.1 Å². The van der Waals surface area contributed by atoms with Crippen molar-refractivity contribution in [2.75, 3.05) is 13.1 Å². The molecule has 1 aliphatic rings. The van der Waals surface area contributed by atoms with Crippen LogP contribution in [0.1, 0.15) is 37.3 Å². The monoisotopic (exact) mass is 296 g/mol. The minimum atomic E-state index is -3.21. The minimum Gasteiger partial charge on any atom is -0.313 e. The first-order chi connectivity index (χ1) is 9.59. The average molecular weight is 296 g/mol. The number of nitrogens with one attached hydrogen (secondary N) is 2. The van der Waals surface area contributed by atoms with Gasteiger partial charge in [-0.15, -0.1) is 0 Å². The van der Waals surface area contributed by atoms with Crippen LogP contribution in [0.4, 0.5) is 0 Å². The molecular weight excluding hydrogens is 272 g/mol. The van der Waals surface area contributed by atoms with Crippen LogP contribution in [0.25, 0.3) is 0 Å². The topological polar surface area (TPSA) is 58.2 Å². The second-order valence-corrected chi connectivity index (χ2v) is 7.31. The number of hydrogen-bond acceptors (Lipinski definition) is 3. The van der Waals surface area contributed by atoms with Gasteiger partial charge in [-0.05, 0) is 36.4 Å². The van der Waals surface area contributed by atoms with E-state index in [1.807, 2.05) is 24.3 Å². The number of benzene rings is 1. The summed E-state index contributed by atoms with van der Waals surface area (Å²) in [6.45, 7) is 4.34. The molecule has 0 saturated heterocycles. The van der Waals surface area contributed by atoms with Crippen LogP contribution in [-0.2, 0) is 22.3 Å². The van der Waals surface area contributed by atoms with Gasteiger partial charge in [-0.25, -0.2) is 13.1 Å². The van der Waals surface area contributed by atoms with Gasteiger partial charge in [-0.2, -0.15) is 0 Å². The Kier molecular flexibility index (Phi) is 5.57. The molecule has 4 nitrogen and oxygen atoms in total. The minimum absolute atomic E-state index is 0.0691. The molecule has 1 aliphatic carbocycles. The molecule has 5 heteroatoms. The Bertz CT molecular complexity index is 524. The fraction of sp³-hybridized carbons (Fsp3) is 0.600. The van der Waals surface area contributed by atoms with Crippen molar-refractivity contribution >= 4 is 10.0 Å². The van der Waals surface area contributed by atoms with Crippen LogP contribution >= 0.6 is 0 Å². The highest BCUT2D eigenvalue weighted by atomic mass is 32.2. The lowest BCUT2D eigenvalue weighted by atomic mass is 9.86. The fourth-order valence-corrected chi connectivity index (χ4v) is 3.52. The smallest absolute Gasteiger partial charge is 0.215 e. The Morgan fingerprint density at radius 2 is 2.00 bits per heavy atom. The SMILES string of the molecule is CCNCc1cccc(CS(=O)(=O)NCC2CCC2)c1. The van der Waals surface area contributed by atoms with Gasteiger partial charge in [0, 0.05) is 13.1 Å². The summed E-state index contributed by atoms with van der Waals surface area (Å²) in [5, 5.41) is 3.24. The third kappa shape index (κ3) is 4.89. The molecule has 20 heavy (non-hydrogen) atoms. The lowest BCUT2D eigenvalue weighted by Gasteiger charge is -2.25. The highest BCUT2D eigenvalue weighted by molar-refractivity contribution is 7.88. The zero-order valence-electron chi connectivity index (χ0n) is 12.1. The quantitative estimate of drug-likeness (QED) is 0.771. The van der Waals surface area contributed by atoms with Crippen molar-refractivity contribution < 1.29 is 8.42 Å². The number of hydrogen-bond donors (Lipinski definition) is 2. The first kappa shape index (κ1) is 15.5. The van der Waals surface area contributed by atoms with Gasteiger partial charge in [0.1, 0.15) is 0 Å². The van der Waals surface area contributed by atoms with E-state index in [2.05, 4.69) is 17.0 Å². The molecule has 0 aliphatic heterocycles. The van der Waals surface area contributed by atoms with Gasteiger partial charge < -0.3 is 5.32 Å². The molecule has 0 bridgehead atoms. The Labute approximate surface area is 122 Å². The number of rotatable bonds is 8. The summed E-state index contributed by atoms with van der Waals surface area (Å²) in [6, 6.07) is 7.77. The molecule has 0 aromatic heterocycles. The normalized spacial score (nSPS) is 16.1. The molecule has 0 radical (unpaired) electrons. The molecule has 1 aromatic carbocycles. The molecule has 2 rings (SSSR count). The third-order valence-corrected chi connectivity index (χ3v) is 5.06. The molecule has 1 fully saturated rings. The maximum atomic E-state index is 12.0. The molecule has 1 aromatic rings. The van der Waals surface area contributed by atoms with Crippen molar-refractivity contribution in [1.29, 1.82) is 0 Å². The van der Waals surface area contributed by atoms with E-state index in [4.69, 9.17) is 0 Å². The van der Waals surface area contributed by atoms with E-state index >= 15 is 0 Å². The molecule has 0 amide bonds. The van der Waals surface area contributed by atoms with Crippen molar-refractivity contribution in [3.8, 4) is 0 Å². The zero-order valence-corrected chi connectivity index (χ0v) is 12.9. The predicted octanol–water partition coefficient (Wildman–Crippen LogP) is 2.02. The summed E-state index contributed by atoms with van der Waals surface area (Å²) >= 11 is 0. The second-order valence-electron chi connectivity index (χ2n) is 5.50. The lowest BCUT2D eigenvalue weighted by molar-refractivity contribution is 0.316. The van der Waals surface area contributed by atoms with Crippen LogP contribution < -0.4 is 10.0 Å². The summed E-state index contributed by atoms with van der Waals surface area (Å²) in [6.07, 6.45) is 3.54. The van der Waals surface area contributed by atoms with E-state index in [1.54, 1.807) is 0 Å².